The van der Waals surface area contributed by atoms with Gasteiger partial charge in [-0.3, -0.25) is 0 Å². The molecule has 104 valence electrons. The Morgan fingerprint density at radius 3 is 2.50 bits per heavy atom. The molecule has 1 amide bonds. The minimum absolute atomic E-state index is 0.322. The maximum absolute atomic E-state index is 11.8. The van der Waals surface area contributed by atoms with Gasteiger partial charge in [0.15, 0.2) is 0 Å². The number of hydrogen-bond donors (Lipinski definition) is 2. The SMILES string of the molecule is CC(C)COC(=O)NC1(C(N)=S)CCC(C)CC1. The molecule has 0 unspecified atom stereocenters. The van der Waals surface area contributed by atoms with E-state index >= 15 is 0 Å². The number of carbonyl (C=O) groups excluding carboxylic acids is 1. The number of nitrogens with one attached hydrogen (secondary N) is 1. The first kappa shape index (κ1) is 15.2. The van der Waals surface area contributed by atoms with E-state index < -0.39 is 11.6 Å². The van der Waals surface area contributed by atoms with Crippen molar-refractivity contribution in [1.29, 1.82) is 0 Å². The molecule has 3 N–H and O–H groups in total. The Labute approximate surface area is 115 Å². The molecule has 0 aromatic carbocycles. The van der Waals surface area contributed by atoms with Crippen LogP contribution in [-0.4, -0.2) is 23.2 Å². The first-order chi connectivity index (χ1) is 8.35. The van der Waals surface area contributed by atoms with Gasteiger partial charge in [0.1, 0.15) is 0 Å². The van der Waals surface area contributed by atoms with Crippen molar-refractivity contribution in [1.82, 2.24) is 5.32 Å². The molecule has 0 spiro atoms. The van der Waals surface area contributed by atoms with Crippen molar-refractivity contribution in [2.24, 2.45) is 17.6 Å². The van der Waals surface area contributed by atoms with Crippen LogP contribution in [-0.2, 0) is 4.74 Å². The van der Waals surface area contributed by atoms with E-state index in [1.165, 1.54) is 0 Å². The number of ether oxygens (including phenoxy) is 1. The maximum atomic E-state index is 11.8. The van der Waals surface area contributed by atoms with Crippen molar-refractivity contribution in [2.75, 3.05) is 6.61 Å². The summed E-state index contributed by atoms with van der Waals surface area (Å²) in [7, 11) is 0. The maximum Gasteiger partial charge on any atom is 0.407 e. The number of carbonyl (C=O) groups is 1. The third-order valence-electron chi connectivity index (χ3n) is 3.49. The normalized spacial score (nSPS) is 27.9. The molecule has 0 saturated heterocycles. The van der Waals surface area contributed by atoms with Gasteiger partial charge in [-0.2, -0.15) is 0 Å². The molecule has 18 heavy (non-hydrogen) atoms. The van der Waals surface area contributed by atoms with Gasteiger partial charge in [-0.05, 0) is 37.5 Å². The van der Waals surface area contributed by atoms with E-state index in [1.807, 2.05) is 13.8 Å². The standard InChI is InChI=1S/C13H24N2O2S/c1-9(2)8-17-12(16)15-13(11(14)18)6-4-10(3)5-7-13/h9-10H,4-8H2,1-3H3,(H2,14,18)(H,15,16). The number of amides is 1. The first-order valence-electron chi connectivity index (χ1n) is 6.60. The zero-order valence-electron chi connectivity index (χ0n) is 11.5. The molecule has 1 rings (SSSR count). The summed E-state index contributed by atoms with van der Waals surface area (Å²) in [6.07, 6.45) is 3.26. The summed E-state index contributed by atoms with van der Waals surface area (Å²) >= 11 is 5.13. The summed E-state index contributed by atoms with van der Waals surface area (Å²) in [5.41, 5.74) is 5.27. The van der Waals surface area contributed by atoms with Crippen LogP contribution in [0, 0.1) is 11.8 Å². The largest absolute Gasteiger partial charge is 0.449 e. The van der Waals surface area contributed by atoms with Crippen molar-refractivity contribution in [3.05, 3.63) is 0 Å². The topological polar surface area (TPSA) is 64.3 Å². The Balaban J connectivity index is 2.58. The van der Waals surface area contributed by atoms with Crippen LogP contribution in [0.2, 0.25) is 0 Å². The Kier molecular flexibility index (Phi) is 5.38. The lowest BCUT2D eigenvalue weighted by Gasteiger charge is -2.38. The third kappa shape index (κ3) is 4.12. The van der Waals surface area contributed by atoms with E-state index in [1.54, 1.807) is 0 Å². The van der Waals surface area contributed by atoms with Crippen molar-refractivity contribution in [2.45, 2.75) is 52.0 Å². The van der Waals surface area contributed by atoms with Gasteiger partial charge in [-0.25, -0.2) is 4.79 Å². The van der Waals surface area contributed by atoms with Crippen LogP contribution in [0.3, 0.4) is 0 Å². The molecule has 0 atom stereocenters. The van der Waals surface area contributed by atoms with E-state index in [2.05, 4.69) is 12.2 Å². The molecule has 0 aromatic rings. The van der Waals surface area contributed by atoms with Crippen LogP contribution < -0.4 is 11.1 Å². The summed E-state index contributed by atoms with van der Waals surface area (Å²) in [4.78, 5) is 12.1. The fraction of sp³-hybridized carbons (Fsp3) is 0.846. The fourth-order valence-electron chi connectivity index (χ4n) is 2.16. The lowest BCUT2D eigenvalue weighted by Crippen LogP contribution is -2.58. The van der Waals surface area contributed by atoms with E-state index in [4.69, 9.17) is 22.7 Å². The van der Waals surface area contributed by atoms with Crippen molar-refractivity contribution < 1.29 is 9.53 Å². The summed E-state index contributed by atoms with van der Waals surface area (Å²) in [5, 5.41) is 2.88. The van der Waals surface area contributed by atoms with Crippen LogP contribution >= 0.6 is 12.2 Å². The van der Waals surface area contributed by atoms with Crippen molar-refractivity contribution in [3.63, 3.8) is 0 Å². The monoisotopic (exact) mass is 272 g/mol. The Morgan fingerprint density at radius 1 is 1.50 bits per heavy atom. The second-order valence-electron chi connectivity index (χ2n) is 5.75. The second kappa shape index (κ2) is 6.36. The quantitative estimate of drug-likeness (QED) is 0.772. The lowest BCUT2D eigenvalue weighted by atomic mass is 9.77. The van der Waals surface area contributed by atoms with E-state index in [9.17, 15) is 4.79 Å². The van der Waals surface area contributed by atoms with Gasteiger partial charge >= 0.3 is 6.09 Å². The molecule has 0 aliphatic heterocycles. The number of thiocarbonyl (C=S) groups is 1. The predicted molar refractivity (Wildman–Crippen MR) is 76.5 cm³/mol. The molecule has 0 aromatic heterocycles. The third-order valence-corrected chi connectivity index (χ3v) is 3.88. The number of alkyl carbamates (subject to hydrolysis) is 1. The highest BCUT2D eigenvalue weighted by Gasteiger charge is 2.38. The summed E-state index contributed by atoms with van der Waals surface area (Å²) in [6, 6.07) is 0. The number of nitrogens with two attached hydrogens (primary N) is 1. The minimum atomic E-state index is -0.546. The van der Waals surface area contributed by atoms with Crippen LogP contribution in [0.1, 0.15) is 46.5 Å². The zero-order valence-corrected chi connectivity index (χ0v) is 12.3. The van der Waals surface area contributed by atoms with E-state index in [-0.39, 0.29) is 0 Å². The van der Waals surface area contributed by atoms with Gasteiger partial charge in [0.25, 0.3) is 0 Å². The predicted octanol–water partition coefficient (Wildman–Crippen LogP) is 2.60. The molecule has 4 nitrogen and oxygen atoms in total. The van der Waals surface area contributed by atoms with E-state index in [0.717, 1.165) is 25.7 Å². The first-order valence-corrected chi connectivity index (χ1v) is 7.01. The van der Waals surface area contributed by atoms with Crippen LogP contribution in [0.25, 0.3) is 0 Å². The van der Waals surface area contributed by atoms with Gasteiger partial charge < -0.3 is 15.8 Å². The van der Waals surface area contributed by atoms with Crippen molar-refractivity contribution in [3.8, 4) is 0 Å². The fourth-order valence-corrected chi connectivity index (χ4v) is 2.42. The molecular formula is C13H24N2O2S. The highest BCUT2D eigenvalue weighted by atomic mass is 32.1. The second-order valence-corrected chi connectivity index (χ2v) is 6.19. The van der Waals surface area contributed by atoms with Crippen molar-refractivity contribution >= 4 is 23.3 Å². The highest BCUT2D eigenvalue weighted by Crippen LogP contribution is 2.32. The average Bonchev–Trinajstić information content (AvgIpc) is 2.29. The highest BCUT2D eigenvalue weighted by molar-refractivity contribution is 7.80. The zero-order chi connectivity index (χ0) is 13.8. The van der Waals surface area contributed by atoms with Crippen LogP contribution in [0.15, 0.2) is 0 Å². The Hall–Kier alpha value is -0.840. The number of hydrogen-bond acceptors (Lipinski definition) is 3. The average molecular weight is 272 g/mol. The van der Waals surface area contributed by atoms with E-state index in [0.29, 0.717) is 23.4 Å². The Morgan fingerprint density at radius 2 is 2.06 bits per heavy atom. The molecule has 0 bridgehead atoms. The van der Waals surface area contributed by atoms with Gasteiger partial charge in [0, 0.05) is 0 Å². The molecule has 0 heterocycles. The molecule has 1 aliphatic carbocycles. The smallest absolute Gasteiger partial charge is 0.407 e. The molecule has 1 saturated carbocycles. The summed E-state index contributed by atoms with van der Waals surface area (Å²) < 4.78 is 5.14. The molecular weight excluding hydrogens is 248 g/mol. The van der Waals surface area contributed by atoms with Gasteiger partial charge in [0.05, 0.1) is 17.1 Å². The van der Waals surface area contributed by atoms with Gasteiger partial charge in [-0.15, -0.1) is 0 Å². The van der Waals surface area contributed by atoms with Crippen LogP contribution in [0.5, 0.6) is 0 Å². The molecule has 1 fully saturated rings. The Bertz CT molecular complexity index is 310. The van der Waals surface area contributed by atoms with Crippen LogP contribution in [0.4, 0.5) is 4.79 Å². The number of rotatable bonds is 4. The molecule has 1 aliphatic rings. The lowest BCUT2D eigenvalue weighted by molar-refractivity contribution is 0.120. The minimum Gasteiger partial charge on any atom is -0.449 e. The summed E-state index contributed by atoms with van der Waals surface area (Å²) in [6.45, 7) is 6.62. The van der Waals surface area contributed by atoms with Gasteiger partial charge in [0.2, 0.25) is 0 Å². The molecule has 0 radical (unpaired) electrons. The van der Waals surface area contributed by atoms with Gasteiger partial charge in [-0.1, -0.05) is 33.0 Å². The summed E-state index contributed by atoms with van der Waals surface area (Å²) in [5.74, 6) is 0.990. The molecule has 5 heteroatoms.